The van der Waals surface area contributed by atoms with Crippen LogP contribution in [0.1, 0.15) is 10.5 Å². The van der Waals surface area contributed by atoms with Gasteiger partial charge in [-0.3, -0.25) is 4.79 Å². The van der Waals surface area contributed by atoms with E-state index in [-0.39, 0.29) is 5.69 Å². The Morgan fingerprint density at radius 3 is 2.40 bits per heavy atom. The number of carbonyl (C=O) groups is 1. The molecular formula is C12H7F3N2O3. The molecule has 2 aromatic rings. The fourth-order valence-corrected chi connectivity index (χ4v) is 1.46. The molecule has 2 rings (SSSR count). The average molecular weight is 284 g/mol. The largest absolute Gasteiger partial charge is 0.464 e. The number of benzene rings is 1. The highest BCUT2D eigenvalue weighted by molar-refractivity contribution is 5.86. The Kier molecular flexibility index (Phi) is 3.55. The van der Waals surface area contributed by atoms with E-state index in [1.807, 2.05) is 0 Å². The highest BCUT2D eigenvalue weighted by Crippen LogP contribution is 2.15. The lowest BCUT2D eigenvalue weighted by Gasteiger charge is -2.07. The average Bonchev–Trinajstić information content (AvgIpc) is 2.44. The van der Waals surface area contributed by atoms with Crippen LogP contribution in [0.5, 0.6) is 0 Å². The van der Waals surface area contributed by atoms with Gasteiger partial charge in [0, 0.05) is 24.4 Å². The Hall–Kier alpha value is -2.64. The number of hydrogen-bond donors (Lipinski definition) is 0. The molecule has 0 spiro atoms. The Morgan fingerprint density at radius 1 is 1.25 bits per heavy atom. The fourth-order valence-electron chi connectivity index (χ4n) is 1.46. The van der Waals surface area contributed by atoms with E-state index in [2.05, 4.69) is 9.84 Å². The number of nitrogens with zero attached hydrogens (tertiary/aromatic N) is 2. The molecular weight excluding hydrogens is 277 g/mol. The maximum absolute atomic E-state index is 13.1. The minimum atomic E-state index is -1.62. The third-order valence-electron chi connectivity index (χ3n) is 2.42. The molecule has 8 heteroatoms. The lowest BCUT2D eigenvalue weighted by atomic mass is 10.3. The molecule has 1 heterocycles. The fraction of sp³-hybridized carbons (Fsp3) is 0.0833. The standard InChI is InChI=1S/C12H7F3N2O3/c1-20-12(19)11-9(18)2-3-17(16-11)6-4-7(13)10(15)8(14)5-6/h2-5H,1H3. The molecule has 0 aliphatic carbocycles. The van der Waals surface area contributed by atoms with Crippen molar-refractivity contribution in [1.82, 2.24) is 9.78 Å². The highest BCUT2D eigenvalue weighted by Gasteiger charge is 2.15. The second-order valence-electron chi connectivity index (χ2n) is 3.69. The van der Waals surface area contributed by atoms with Gasteiger partial charge in [0.1, 0.15) is 0 Å². The van der Waals surface area contributed by atoms with Crippen LogP contribution in [0.25, 0.3) is 5.69 Å². The topological polar surface area (TPSA) is 61.2 Å². The molecule has 0 bridgehead atoms. The van der Waals surface area contributed by atoms with Gasteiger partial charge in [0.15, 0.2) is 17.5 Å². The van der Waals surface area contributed by atoms with Crippen LogP contribution in [0.3, 0.4) is 0 Å². The molecule has 1 aromatic heterocycles. The second kappa shape index (κ2) is 5.16. The molecule has 0 saturated heterocycles. The quantitative estimate of drug-likeness (QED) is 0.618. The van der Waals surface area contributed by atoms with Gasteiger partial charge >= 0.3 is 5.97 Å². The van der Waals surface area contributed by atoms with Crippen molar-refractivity contribution in [2.75, 3.05) is 7.11 Å². The van der Waals surface area contributed by atoms with E-state index in [4.69, 9.17) is 0 Å². The van der Waals surface area contributed by atoms with Gasteiger partial charge in [-0.2, -0.15) is 5.10 Å². The zero-order chi connectivity index (χ0) is 14.9. The van der Waals surface area contributed by atoms with E-state index in [0.717, 1.165) is 24.1 Å². The molecule has 0 aliphatic heterocycles. The van der Waals surface area contributed by atoms with E-state index in [1.54, 1.807) is 0 Å². The van der Waals surface area contributed by atoms with Crippen LogP contribution in [-0.2, 0) is 4.74 Å². The third-order valence-corrected chi connectivity index (χ3v) is 2.42. The first-order valence-corrected chi connectivity index (χ1v) is 5.27. The summed E-state index contributed by atoms with van der Waals surface area (Å²) in [6.07, 6.45) is 1.08. The van der Waals surface area contributed by atoms with Crippen molar-refractivity contribution in [2.45, 2.75) is 0 Å². The van der Waals surface area contributed by atoms with E-state index in [9.17, 15) is 22.8 Å². The van der Waals surface area contributed by atoms with Crippen LogP contribution in [-0.4, -0.2) is 22.9 Å². The Bertz CT molecular complexity index is 720. The van der Waals surface area contributed by atoms with E-state index >= 15 is 0 Å². The first-order valence-electron chi connectivity index (χ1n) is 5.27. The molecule has 0 unspecified atom stereocenters. The van der Waals surface area contributed by atoms with Crippen molar-refractivity contribution in [3.8, 4) is 5.69 Å². The van der Waals surface area contributed by atoms with Crippen LogP contribution < -0.4 is 5.43 Å². The summed E-state index contributed by atoms with van der Waals surface area (Å²) in [4.78, 5) is 22.7. The first kappa shape index (κ1) is 13.8. The summed E-state index contributed by atoms with van der Waals surface area (Å²) in [6.45, 7) is 0. The lowest BCUT2D eigenvalue weighted by molar-refractivity contribution is 0.0590. The molecule has 0 fully saturated rings. The van der Waals surface area contributed by atoms with Gasteiger partial charge in [-0.15, -0.1) is 0 Å². The van der Waals surface area contributed by atoms with Crippen molar-refractivity contribution < 1.29 is 22.7 Å². The second-order valence-corrected chi connectivity index (χ2v) is 3.69. The Labute approximate surface area is 110 Å². The van der Waals surface area contributed by atoms with E-state index < -0.39 is 34.5 Å². The molecule has 0 aliphatic rings. The molecule has 20 heavy (non-hydrogen) atoms. The summed E-state index contributed by atoms with van der Waals surface area (Å²) >= 11 is 0. The zero-order valence-corrected chi connectivity index (χ0v) is 10.1. The number of esters is 1. The number of rotatable bonds is 2. The number of methoxy groups -OCH3 is 1. The van der Waals surface area contributed by atoms with Crippen molar-refractivity contribution in [2.24, 2.45) is 0 Å². The van der Waals surface area contributed by atoms with E-state index in [0.29, 0.717) is 12.1 Å². The third kappa shape index (κ3) is 2.40. The van der Waals surface area contributed by atoms with Crippen LogP contribution in [0.15, 0.2) is 29.2 Å². The molecule has 5 nitrogen and oxygen atoms in total. The van der Waals surface area contributed by atoms with Gasteiger partial charge < -0.3 is 4.74 Å². The van der Waals surface area contributed by atoms with Crippen LogP contribution in [0.2, 0.25) is 0 Å². The Morgan fingerprint density at radius 2 is 1.85 bits per heavy atom. The van der Waals surface area contributed by atoms with Gasteiger partial charge in [0.25, 0.3) is 0 Å². The van der Waals surface area contributed by atoms with Crippen LogP contribution in [0.4, 0.5) is 13.2 Å². The molecule has 0 atom stereocenters. The van der Waals surface area contributed by atoms with Crippen LogP contribution >= 0.6 is 0 Å². The summed E-state index contributed by atoms with van der Waals surface area (Å²) in [5.41, 5.74) is -1.46. The van der Waals surface area contributed by atoms with Crippen molar-refractivity contribution in [3.05, 3.63) is 57.8 Å². The zero-order valence-electron chi connectivity index (χ0n) is 10.1. The van der Waals surface area contributed by atoms with Gasteiger partial charge in [0.2, 0.25) is 11.1 Å². The number of carbonyl (C=O) groups excluding carboxylic acids is 1. The lowest BCUT2D eigenvalue weighted by Crippen LogP contribution is -2.21. The Balaban J connectivity index is 2.59. The van der Waals surface area contributed by atoms with Crippen molar-refractivity contribution in [1.29, 1.82) is 0 Å². The molecule has 0 N–H and O–H groups in total. The summed E-state index contributed by atoms with van der Waals surface area (Å²) in [5.74, 6) is -5.45. The number of halogens is 3. The van der Waals surface area contributed by atoms with Gasteiger partial charge in [0.05, 0.1) is 12.8 Å². The number of aromatic nitrogens is 2. The minimum Gasteiger partial charge on any atom is -0.464 e. The smallest absolute Gasteiger partial charge is 0.362 e. The minimum absolute atomic E-state index is 0.188. The molecule has 0 amide bonds. The highest BCUT2D eigenvalue weighted by atomic mass is 19.2. The number of ether oxygens (including phenoxy) is 1. The van der Waals surface area contributed by atoms with E-state index in [1.165, 1.54) is 0 Å². The summed E-state index contributed by atoms with van der Waals surface area (Å²) in [5, 5.41) is 3.60. The number of hydrogen-bond acceptors (Lipinski definition) is 4. The first-order chi connectivity index (χ1) is 9.43. The molecule has 0 saturated carbocycles. The maximum atomic E-state index is 13.1. The van der Waals surface area contributed by atoms with Gasteiger partial charge in [-0.05, 0) is 0 Å². The summed E-state index contributed by atoms with van der Waals surface area (Å²) in [6, 6.07) is 2.33. The SMILES string of the molecule is COC(=O)c1nn(-c2cc(F)c(F)c(F)c2)ccc1=O. The van der Waals surface area contributed by atoms with Gasteiger partial charge in [-0.1, -0.05) is 0 Å². The normalized spacial score (nSPS) is 10.4. The molecule has 0 radical (unpaired) electrons. The predicted molar refractivity (Wildman–Crippen MR) is 61.0 cm³/mol. The maximum Gasteiger partial charge on any atom is 0.362 e. The predicted octanol–water partition coefficient (Wildman–Crippen LogP) is 1.44. The molecule has 1 aromatic carbocycles. The van der Waals surface area contributed by atoms with Crippen molar-refractivity contribution >= 4 is 5.97 Å². The monoisotopic (exact) mass is 284 g/mol. The summed E-state index contributed by atoms with van der Waals surface area (Å²) < 4.78 is 44.3. The summed E-state index contributed by atoms with van der Waals surface area (Å²) in [7, 11) is 1.05. The van der Waals surface area contributed by atoms with Crippen LogP contribution in [0, 0.1) is 17.5 Å². The van der Waals surface area contributed by atoms with Crippen molar-refractivity contribution in [3.63, 3.8) is 0 Å². The van der Waals surface area contributed by atoms with Gasteiger partial charge in [-0.25, -0.2) is 22.6 Å². The molecule has 104 valence electrons.